The van der Waals surface area contributed by atoms with Gasteiger partial charge in [-0.2, -0.15) is 0 Å². The van der Waals surface area contributed by atoms with Gasteiger partial charge in [0.05, 0.1) is 24.5 Å². The smallest absolute Gasteiger partial charge is 0.338 e. The Labute approximate surface area is 221 Å². The van der Waals surface area contributed by atoms with Crippen LogP contribution in [0.1, 0.15) is 53.8 Å². The topological polar surface area (TPSA) is 93.7 Å². The highest BCUT2D eigenvalue weighted by molar-refractivity contribution is 8.00. The molecule has 0 fully saturated rings. The number of hydrogen-bond acceptors (Lipinski definition) is 6. The van der Waals surface area contributed by atoms with Crippen LogP contribution in [0.3, 0.4) is 0 Å². The molecule has 0 aliphatic heterocycles. The number of thioether (sulfide) groups is 1. The van der Waals surface area contributed by atoms with Crippen LogP contribution in [0, 0.1) is 0 Å². The third-order valence-corrected chi connectivity index (χ3v) is 6.84. The highest BCUT2D eigenvalue weighted by atomic mass is 32.2. The quantitative estimate of drug-likeness (QED) is 0.163. The second-order valence-electron chi connectivity index (χ2n) is 8.28. The molecule has 7 nitrogen and oxygen atoms in total. The molecule has 1 unspecified atom stereocenters. The van der Waals surface area contributed by atoms with Crippen LogP contribution in [0.15, 0.2) is 77.7 Å². The maximum Gasteiger partial charge on any atom is 0.338 e. The van der Waals surface area contributed by atoms with Gasteiger partial charge < -0.3 is 20.1 Å². The Morgan fingerprint density at radius 2 is 1.62 bits per heavy atom. The molecule has 3 aromatic carbocycles. The van der Waals surface area contributed by atoms with E-state index in [-0.39, 0.29) is 23.0 Å². The molecule has 2 N–H and O–H groups in total. The second-order valence-corrected chi connectivity index (χ2v) is 9.56. The number of esters is 1. The van der Waals surface area contributed by atoms with E-state index in [0.29, 0.717) is 41.3 Å². The van der Waals surface area contributed by atoms with Crippen molar-refractivity contribution >= 4 is 40.9 Å². The number of hydrogen-bond donors (Lipinski definition) is 2. The van der Waals surface area contributed by atoms with E-state index in [1.165, 1.54) is 11.8 Å². The lowest BCUT2D eigenvalue weighted by molar-refractivity contribution is -0.115. The SMILES string of the molecule is CCCCOC(=O)c1ccc(NC(=O)C(CC)Sc2cccc(NC(=O)c3cccc(OC)c3)c2)cc1. The van der Waals surface area contributed by atoms with Gasteiger partial charge in [0.25, 0.3) is 5.91 Å². The number of carbonyl (C=O) groups excluding carboxylic acids is 3. The summed E-state index contributed by atoms with van der Waals surface area (Å²) in [6, 6.07) is 21.0. The molecule has 8 heteroatoms. The van der Waals surface area contributed by atoms with Crippen molar-refractivity contribution in [3.05, 3.63) is 83.9 Å². The molecule has 0 aromatic heterocycles. The molecule has 0 spiro atoms. The number of amides is 2. The highest BCUT2D eigenvalue weighted by Crippen LogP contribution is 2.29. The largest absolute Gasteiger partial charge is 0.497 e. The van der Waals surface area contributed by atoms with Gasteiger partial charge in [-0.25, -0.2) is 4.79 Å². The monoisotopic (exact) mass is 520 g/mol. The minimum absolute atomic E-state index is 0.142. The molecule has 0 bridgehead atoms. The third-order valence-electron chi connectivity index (χ3n) is 5.48. The van der Waals surface area contributed by atoms with Crippen molar-refractivity contribution in [3.63, 3.8) is 0 Å². The molecule has 0 aliphatic carbocycles. The Morgan fingerprint density at radius 1 is 0.865 bits per heavy atom. The number of unbranched alkanes of at least 4 members (excludes halogenated alkanes) is 1. The van der Waals surface area contributed by atoms with E-state index in [1.54, 1.807) is 61.7 Å². The van der Waals surface area contributed by atoms with E-state index in [0.717, 1.165) is 17.7 Å². The molecule has 0 saturated carbocycles. The van der Waals surface area contributed by atoms with Crippen molar-refractivity contribution < 1.29 is 23.9 Å². The fourth-order valence-corrected chi connectivity index (χ4v) is 4.42. The Hall–Kier alpha value is -3.78. The minimum atomic E-state index is -0.369. The molecule has 1 atom stereocenters. The molecule has 37 heavy (non-hydrogen) atoms. The molecular weight excluding hydrogens is 488 g/mol. The van der Waals surface area contributed by atoms with Crippen LogP contribution in [0.4, 0.5) is 11.4 Å². The lowest BCUT2D eigenvalue weighted by atomic mass is 10.2. The maximum atomic E-state index is 12.9. The van der Waals surface area contributed by atoms with Gasteiger partial charge in [-0.05, 0) is 73.5 Å². The summed E-state index contributed by atoms with van der Waals surface area (Å²) in [7, 11) is 1.55. The van der Waals surface area contributed by atoms with Gasteiger partial charge in [-0.3, -0.25) is 9.59 Å². The first-order valence-electron chi connectivity index (χ1n) is 12.2. The number of methoxy groups -OCH3 is 1. The Bertz CT molecular complexity index is 1210. The Kier molecular flexibility index (Phi) is 10.6. The van der Waals surface area contributed by atoms with Crippen molar-refractivity contribution in [2.75, 3.05) is 24.4 Å². The Balaban J connectivity index is 1.59. The van der Waals surface area contributed by atoms with Gasteiger partial charge in [0.15, 0.2) is 0 Å². The predicted octanol–water partition coefficient (Wildman–Crippen LogP) is 6.41. The molecule has 2 amide bonds. The maximum absolute atomic E-state index is 12.9. The predicted molar refractivity (Wildman–Crippen MR) is 148 cm³/mol. The van der Waals surface area contributed by atoms with Crippen LogP contribution in [0.25, 0.3) is 0 Å². The van der Waals surface area contributed by atoms with Crippen molar-refractivity contribution in [1.29, 1.82) is 0 Å². The lowest BCUT2D eigenvalue weighted by Gasteiger charge is -2.16. The van der Waals surface area contributed by atoms with Gasteiger partial charge >= 0.3 is 5.97 Å². The highest BCUT2D eigenvalue weighted by Gasteiger charge is 2.19. The summed E-state index contributed by atoms with van der Waals surface area (Å²) in [5.74, 6) is -0.151. The molecule has 0 saturated heterocycles. The third kappa shape index (κ3) is 8.39. The van der Waals surface area contributed by atoms with E-state index in [1.807, 2.05) is 32.0 Å². The molecule has 3 rings (SSSR count). The van der Waals surface area contributed by atoms with E-state index in [9.17, 15) is 14.4 Å². The standard InChI is InChI=1S/C29H32N2O5S/c1-4-6-17-36-29(34)20-13-15-22(16-14-20)30-28(33)26(5-2)37-25-12-8-10-23(19-25)31-27(32)21-9-7-11-24(18-21)35-3/h7-16,18-19,26H,4-6,17H2,1-3H3,(H,30,33)(H,31,32). The van der Waals surface area contributed by atoms with Crippen molar-refractivity contribution in [1.82, 2.24) is 0 Å². The summed E-state index contributed by atoms with van der Waals surface area (Å²) >= 11 is 1.42. The Morgan fingerprint density at radius 3 is 2.32 bits per heavy atom. The van der Waals surface area contributed by atoms with Crippen molar-refractivity contribution in [2.45, 2.75) is 43.3 Å². The van der Waals surface area contributed by atoms with Gasteiger partial charge in [0, 0.05) is 21.8 Å². The van der Waals surface area contributed by atoms with Crippen LogP contribution < -0.4 is 15.4 Å². The van der Waals surface area contributed by atoms with E-state index < -0.39 is 0 Å². The number of nitrogens with one attached hydrogen (secondary N) is 2. The normalized spacial score (nSPS) is 11.3. The number of carbonyl (C=O) groups is 3. The first kappa shape index (κ1) is 27.8. The van der Waals surface area contributed by atoms with Gasteiger partial charge in [-0.1, -0.05) is 32.4 Å². The van der Waals surface area contributed by atoms with Crippen LogP contribution in [0.5, 0.6) is 5.75 Å². The summed E-state index contributed by atoms with van der Waals surface area (Å²) < 4.78 is 10.4. The van der Waals surface area contributed by atoms with Crippen molar-refractivity contribution in [3.8, 4) is 5.75 Å². The van der Waals surface area contributed by atoms with E-state index in [4.69, 9.17) is 9.47 Å². The van der Waals surface area contributed by atoms with Crippen LogP contribution in [-0.2, 0) is 9.53 Å². The average molecular weight is 521 g/mol. The molecule has 194 valence electrons. The summed E-state index contributed by atoms with van der Waals surface area (Å²) in [5, 5.41) is 5.47. The summed E-state index contributed by atoms with van der Waals surface area (Å²) in [6.07, 6.45) is 2.39. The summed E-state index contributed by atoms with van der Waals surface area (Å²) in [6.45, 7) is 4.38. The zero-order valence-electron chi connectivity index (χ0n) is 21.3. The minimum Gasteiger partial charge on any atom is -0.497 e. The zero-order valence-corrected chi connectivity index (χ0v) is 22.1. The van der Waals surface area contributed by atoms with Crippen LogP contribution in [-0.4, -0.2) is 36.8 Å². The van der Waals surface area contributed by atoms with E-state index >= 15 is 0 Å². The van der Waals surface area contributed by atoms with Crippen molar-refractivity contribution in [2.24, 2.45) is 0 Å². The fourth-order valence-electron chi connectivity index (χ4n) is 3.41. The fraction of sp³-hybridized carbons (Fsp3) is 0.276. The zero-order chi connectivity index (χ0) is 26.6. The summed E-state index contributed by atoms with van der Waals surface area (Å²) in [5.41, 5.74) is 2.18. The van der Waals surface area contributed by atoms with Gasteiger partial charge in [0.1, 0.15) is 5.75 Å². The van der Waals surface area contributed by atoms with Gasteiger partial charge in [-0.15, -0.1) is 11.8 Å². The molecule has 0 radical (unpaired) electrons. The summed E-state index contributed by atoms with van der Waals surface area (Å²) in [4.78, 5) is 38.5. The van der Waals surface area contributed by atoms with E-state index in [2.05, 4.69) is 10.6 Å². The van der Waals surface area contributed by atoms with Gasteiger partial charge in [0.2, 0.25) is 5.91 Å². The number of rotatable bonds is 12. The number of anilines is 2. The molecule has 3 aromatic rings. The van der Waals surface area contributed by atoms with Crippen LogP contribution in [0.2, 0.25) is 0 Å². The lowest BCUT2D eigenvalue weighted by Crippen LogP contribution is -2.24. The second kappa shape index (κ2) is 14.1. The number of benzene rings is 3. The number of ether oxygens (including phenoxy) is 2. The molecular formula is C29H32N2O5S. The van der Waals surface area contributed by atoms with Crippen LogP contribution >= 0.6 is 11.8 Å². The first-order chi connectivity index (χ1) is 17.9. The molecule has 0 heterocycles. The average Bonchev–Trinajstić information content (AvgIpc) is 2.92. The molecule has 0 aliphatic rings. The first-order valence-corrected chi connectivity index (χ1v) is 13.1.